The molecule has 0 bridgehead atoms. The number of piperazine rings is 1. The van der Waals surface area contributed by atoms with Crippen molar-refractivity contribution in [3.63, 3.8) is 0 Å². The molecule has 1 aliphatic carbocycles. The normalized spacial score (nSPS) is 20.3. The van der Waals surface area contributed by atoms with Gasteiger partial charge in [-0.1, -0.05) is 30.3 Å². The van der Waals surface area contributed by atoms with E-state index in [4.69, 9.17) is 0 Å². The van der Waals surface area contributed by atoms with Crippen molar-refractivity contribution in [1.82, 2.24) is 9.80 Å². The largest absolute Gasteiger partial charge is 0.388 e. The van der Waals surface area contributed by atoms with Gasteiger partial charge in [-0.15, -0.1) is 0 Å². The van der Waals surface area contributed by atoms with Gasteiger partial charge >= 0.3 is 0 Å². The van der Waals surface area contributed by atoms with Crippen LogP contribution in [-0.2, 0) is 9.59 Å². The third kappa shape index (κ3) is 4.39. The second kappa shape index (κ2) is 7.23. The van der Waals surface area contributed by atoms with E-state index in [2.05, 4.69) is 4.90 Å². The van der Waals surface area contributed by atoms with Gasteiger partial charge in [0.25, 0.3) is 0 Å². The Morgan fingerprint density at radius 1 is 1.09 bits per heavy atom. The van der Waals surface area contributed by atoms with Crippen LogP contribution in [0.5, 0.6) is 0 Å². The number of carbonyl (C=O) groups is 2. The lowest BCUT2D eigenvalue weighted by Gasteiger charge is -2.34. The Kier molecular flexibility index (Phi) is 5.08. The first kappa shape index (κ1) is 16.1. The Morgan fingerprint density at radius 3 is 2.35 bits per heavy atom. The molecule has 2 aliphatic rings. The van der Waals surface area contributed by atoms with E-state index in [9.17, 15) is 14.7 Å². The second-order valence-corrected chi connectivity index (χ2v) is 6.53. The highest BCUT2D eigenvalue weighted by Crippen LogP contribution is 2.30. The minimum Gasteiger partial charge on any atom is -0.388 e. The summed E-state index contributed by atoms with van der Waals surface area (Å²) in [5.74, 6) is 0.634. The van der Waals surface area contributed by atoms with Crippen LogP contribution in [0.4, 0.5) is 0 Å². The van der Waals surface area contributed by atoms with Crippen molar-refractivity contribution in [3.05, 3.63) is 35.9 Å². The standard InChI is InChI=1S/C18H24N2O3/c21-16(14-4-2-1-3-5-14)12-18(23)20-10-8-19(9-11-20)13-17(22)15-6-7-15/h1-5,15-16,21H,6-13H2. The Bertz CT molecular complexity index is 549. The molecule has 1 saturated carbocycles. The molecule has 1 amide bonds. The van der Waals surface area contributed by atoms with Crippen LogP contribution in [-0.4, -0.2) is 59.3 Å². The molecule has 1 heterocycles. The number of benzene rings is 1. The molecule has 3 rings (SSSR count). The zero-order valence-corrected chi connectivity index (χ0v) is 13.4. The predicted octanol–water partition coefficient (Wildman–Crippen LogP) is 1.23. The molecule has 1 N–H and O–H groups in total. The lowest BCUT2D eigenvalue weighted by atomic mass is 10.1. The van der Waals surface area contributed by atoms with Gasteiger partial charge in [-0.05, 0) is 18.4 Å². The van der Waals surface area contributed by atoms with Crippen molar-refractivity contribution in [2.75, 3.05) is 32.7 Å². The molecule has 124 valence electrons. The van der Waals surface area contributed by atoms with Crippen LogP contribution < -0.4 is 0 Å². The monoisotopic (exact) mass is 316 g/mol. The van der Waals surface area contributed by atoms with Crippen LogP contribution in [0.25, 0.3) is 0 Å². The molecule has 2 fully saturated rings. The third-order valence-electron chi connectivity index (χ3n) is 4.69. The zero-order chi connectivity index (χ0) is 16.2. The highest BCUT2D eigenvalue weighted by atomic mass is 16.3. The van der Waals surface area contributed by atoms with Crippen molar-refractivity contribution in [2.45, 2.75) is 25.4 Å². The maximum absolute atomic E-state index is 12.3. The van der Waals surface area contributed by atoms with E-state index in [0.717, 1.165) is 31.5 Å². The van der Waals surface area contributed by atoms with Crippen LogP contribution >= 0.6 is 0 Å². The van der Waals surface area contributed by atoms with Crippen molar-refractivity contribution in [1.29, 1.82) is 0 Å². The third-order valence-corrected chi connectivity index (χ3v) is 4.69. The Hall–Kier alpha value is -1.72. The van der Waals surface area contributed by atoms with Crippen LogP contribution in [0.3, 0.4) is 0 Å². The maximum atomic E-state index is 12.3. The highest BCUT2D eigenvalue weighted by molar-refractivity contribution is 5.85. The van der Waals surface area contributed by atoms with Gasteiger partial charge in [0.05, 0.1) is 19.1 Å². The van der Waals surface area contributed by atoms with E-state index >= 15 is 0 Å². The van der Waals surface area contributed by atoms with E-state index < -0.39 is 6.10 Å². The first-order chi connectivity index (χ1) is 11.1. The molecule has 1 aliphatic heterocycles. The van der Waals surface area contributed by atoms with E-state index in [1.54, 1.807) is 4.90 Å². The summed E-state index contributed by atoms with van der Waals surface area (Å²) in [4.78, 5) is 28.1. The van der Waals surface area contributed by atoms with Crippen LogP contribution in [0, 0.1) is 5.92 Å². The highest BCUT2D eigenvalue weighted by Gasteiger charge is 2.31. The first-order valence-electron chi connectivity index (χ1n) is 8.39. The summed E-state index contributed by atoms with van der Waals surface area (Å²) in [5, 5.41) is 10.2. The summed E-state index contributed by atoms with van der Waals surface area (Å²) in [5.41, 5.74) is 0.773. The summed E-state index contributed by atoms with van der Waals surface area (Å²) < 4.78 is 0. The molecule has 5 nitrogen and oxygen atoms in total. The number of hydrogen-bond donors (Lipinski definition) is 1. The summed E-state index contributed by atoms with van der Waals surface area (Å²) in [7, 11) is 0. The van der Waals surface area contributed by atoms with Gasteiger partial charge in [-0.2, -0.15) is 0 Å². The van der Waals surface area contributed by atoms with E-state index in [1.165, 1.54) is 0 Å². The maximum Gasteiger partial charge on any atom is 0.225 e. The van der Waals surface area contributed by atoms with Gasteiger partial charge in [0, 0.05) is 32.1 Å². The number of aliphatic hydroxyl groups excluding tert-OH is 1. The zero-order valence-electron chi connectivity index (χ0n) is 13.4. The molecule has 1 aromatic carbocycles. The summed E-state index contributed by atoms with van der Waals surface area (Å²) in [6, 6.07) is 9.27. The Morgan fingerprint density at radius 2 is 1.74 bits per heavy atom. The van der Waals surface area contributed by atoms with Crippen LogP contribution in [0.15, 0.2) is 30.3 Å². The molecular formula is C18H24N2O3. The number of hydrogen-bond acceptors (Lipinski definition) is 4. The molecule has 0 aromatic heterocycles. The number of Topliss-reactive ketones (excluding diaryl/α,β-unsaturated/α-hetero) is 1. The van der Waals surface area contributed by atoms with Crippen molar-refractivity contribution >= 4 is 11.7 Å². The quantitative estimate of drug-likeness (QED) is 0.857. The predicted molar refractivity (Wildman–Crippen MR) is 86.8 cm³/mol. The van der Waals surface area contributed by atoms with E-state index in [-0.39, 0.29) is 12.3 Å². The number of carbonyl (C=O) groups excluding carboxylic acids is 2. The fourth-order valence-electron chi connectivity index (χ4n) is 3.00. The van der Waals surface area contributed by atoms with E-state index in [0.29, 0.717) is 31.3 Å². The van der Waals surface area contributed by atoms with Gasteiger partial charge in [-0.25, -0.2) is 0 Å². The number of nitrogens with zero attached hydrogens (tertiary/aromatic N) is 2. The number of aliphatic hydroxyl groups is 1. The molecular weight excluding hydrogens is 292 g/mol. The Balaban J connectivity index is 1.43. The lowest BCUT2D eigenvalue weighted by molar-refractivity contribution is -0.135. The van der Waals surface area contributed by atoms with Gasteiger partial charge in [0.2, 0.25) is 5.91 Å². The fourth-order valence-corrected chi connectivity index (χ4v) is 3.00. The smallest absolute Gasteiger partial charge is 0.225 e. The Labute approximate surface area is 136 Å². The number of ketones is 1. The topological polar surface area (TPSA) is 60.9 Å². The van der Waals surface area contributed by atoms with Crippen molar-refractivity contribution < 1.29 is 14.7 Å². The molecule has 5 heteroatoms. The van der Waals surface area contributed by atoms with Gasteiger partial charge in [0.1, 0.15) is 5.78 Å². The van der Waals surface area contributed by atoms with E-state index in [1.807, 2.05) is 30.3 Å². The van der Waals surface area contributed by atoms with Crippen molar-refractivity contribution in [2.24, 2.45) is 5.92 Å². The van der Waals surface area contributed by atoms with Gasteiger partial charge in [-0.3, -0.25) is 14.5 Å². The summed E-state index contributed by atoms with van der Waals surface area (Å²) in [6.07, 6.45) is 1.46. The number of rotatable bonds is 6. The molecule has 1 unspecified atom stereocenters. The van der Waals surface area contributed by atoms with Crippen LogP contribution in [0.2, 0.25) is 0 Å². The minimum absolute atomic E-state index is 0.0190. The lowest BCUT2D eigenvalue weighted by Crippen LogP contribution is -2.50. The SMILES string of the molecule is O=C(CN1CCN(C(=O)CC(O)c2ccccc2)CC1)C1CC1. The summed E-state index contributed by atoms with van der Waals surface area (Å²) >= 11 is 0. The fraction of sp³-hybridized carbons (Fsp3) is 0.556. The first-order valence-corrected chi connectivity index (χ1v) is 8.39. The molecule has 1 saturated heterocycles. The molecule has 1 aromatic rings. The molecule has 0 radical (unpaired) electrons. The average molecular weight is 316 g/mol. The molecule has 0 spiro atoms. The average Bonchev–Trinajstić information content (AvgIpc) is 3.41. The van der Waals surface area contributed by atoms with Crippen molar-refractivity contribution in [3.8, 4) is 0 Å². The molecule has 23 heavy (non-hydrogen) atoms. The van der Waals surface area contributed by atoms with Gasteiger partial charge < -0.3 is 10.0 Å². The second-order valence-electron chi connectivity index (χ2n) is 6.53. The van der Waals surface area contributed by atoms with Gasteiger partial charge in [0.15, 0.2) is 0 Å². The number of amides is 1. The minimum atomic E-state index is -0.752. The molecule has 1 atom stereocenters. The summed E-state index contributed by atoms with van der Waals surface area (Å²) in [6.45, 7) is 3.28. The van der Waals surface area contributed by atoms with Crippen LogP contribution in [0.1, 0.15) is 30.9 Å².